The largest absolute Gasteiger partial charge is 0.380 e. The molecule has 0 radical (unpaired) electrons. The summed E-state index contributed by atoms with van der Waals surface area (Å²) in [6, 6.07) is 9.54. The van der Waals surface area contributed by atoms with Crippen molar-refractivity contribution in [2.45, 2.75) is 20.4 Å². The molecule has 1 N–H and O–H groups in total. The number of nitrogens with zero attached hydrogens (tertiary/aromatic N) is 1. The number of halogens is 1. The highest BCUT2D eigenvalue weighted by Crippen LogP contribution is 2.25. The summed E-state index contributed by atoms with van der Waals surface area (Å²) in [4.78, 5) is 2.64. The van der Waals surface area contributed by atoms with Crippen LogP contribution < -0.4 is 5.32 Å². The number of benzene rings is 1. The normalized spacial score (nSPS) is 10.1. The maximum atomic E-state index is 8.77. The maximum Gasteiger partial charge on any atom is 0.0992 e. The number of thiophene rings is 1. The zero-order valence-corrected chi connectivity index (χ0v) is 11.8. The fourth-order valence-electron chi connectivity index (χ4n) is 1.78. The van der Waals surface area contributed by atoms with Gasteiger partial charge in [0.25, 0.3) is 0 Å². The minimum absolute atomic E-state index is 0.577. The minimum atomic E-state index is 0.577. The van der Waals surface area contributed by atoms with Crippen molar-refractivity contribution in [1.29, 1.82) is 5.26 Å². The third-order valence-electron chi connectivity index (χ3n) is 2.71. The Labute approximate surface area is 116 Å². The first-order chi connectivity index (χ1) is 8.60. The van der Waals surface area contributed by atoms with Crippen molar-refractivity contribution in [3.63, 3.8) is 0 Å². The predicted molar refractivity (Wildman–Crippen MR) is 77.3 cm³/mol. The first-order valence-corrected chi connectivity index (χ1v) is 6.79. The van der Waals surface area contributed by atoms with Crippen LogP contribution in [0.15, 0.2) is 24.3 Å². The van der Waals surface area contributed by atoms with Crippen LogP contribution in [-0.2, 0) is 6.54 Å². The zero-order valence-electron chi connectivity index (χ0n) is 10.2. The molecule has 0 saturated heterocycles. The van der Waals surface area contributed by atoms with Gasteiger partial charge in [-0.15, -0.1) is 11.3 Å². The summed E-state index contributed by atoms with van der Waals surface area (Å²) in [6.45, 7) is 4.98. The number of nitrogens with one attached hydrogen (secondary N) is 1. The van der Waals surface area contributed by atoms with Gasteiger partial charge in [-0.3, -0.25) is 0 Å². The van der Waals surface area contributed by atoms with E-state index in [9.17, 15) is 0 Å². The second-order valence-electron chi connectivity index (χ2n) is 4.10. The quantitative estimate of drug-likeness (QED) is 0.896. The molecule has 0 aliphatic rings. The van der Waals surface area contributed by atoms with Crippen LogP contribution in [0.4, 0.5) is 5.69 Å². The van der Waals surface area contributed by atoms with Gasteiger partial charge in [0.05, 0.1) is 22.3 Å². The number of hydrogen-bond donors (Lipinski definition) is 1. The molecule has 0 saturated carbocycles. The number of anilines is 1. The molecule has 1 heterocycles. The maximum absolute atomic E-state index is 8.77. The van der Waals surface area contributed by atoms with Gasteiger partial charge in [-0.25, -0.2) is 0 Å². The van der Waals surface area contributed by atoms with Crippen molar-refractivity contribution in [3.8, 4) is 6.07 Å². The molecule has 4 heteroatoms. The van der Waals surface area contributed by atoms with Crippen LogP contribution >= 0.6 is 22.9 Å². The Morgan fingerprint density at radius 1 is 1.33 bits per heavy atom. The number of nitriles is 1. The summed E-state index contributed by atoms with van der Waals surface area (Å²) in [5, 5.41) is 12.7. The van der Waals surface area contributed by atoms with E-state index in [0.29, 0.717) is 10.6 Å². The van der Waals surface area contributed by atoms with Crippen molar-refractivity contribution < 1.29 is 0 Å². The van der Waals surface area contributed by atoms with E-state index in [-0.39, 0.29) is 0 Å². The van der Waals surface area contributed by atoms with E-state index in [1.807, 2.05) is 6.07 Å². The van der Waals surface area contributed by atoms with Crippen molar-refractivity contribution in [2.75, 3.05) is 5.32 Å². The lowest BCUT2D eigenvalue weighted by molar-refractivity contribution is 1.14. The molecule has 0 aliphatic heterocycles. The highest BCUT2D eigenvalue weighted by molar-refractivity contribution is 7.12. The molecule has 1 aromatic carbocycles. The molecule has 2 aromatic rings. The van der Waals surface area contributed by atoms with Gasteiger partial charge in [-0.2, -0.15) is 5.26 Å². The van der Waals surface area contributed by atoms with Gasteiger partial charge in [0.1, 0.15) is 0 Å². The van der Waals surface area contributed by atoms with Crippen LogP contribution in [0.5, 0.6) is 0 Å². The van der Waals surface area contributed by atoms with Gasteiger partial charge >= 0.3 is 0 Å². The molecule has 1 aromatic heterocycles. The van der Waals surface area contributed by atoms with Crippen LogP contribution in [0.2, 0.25) is 5.02 Å². The number of aryl methyl sites for hydroxylation is 2. The lowest BCUT2D eigenvalue weighted by atomic mass is 10.2. The zero-order chi connectivity index (χ0) is 13.1. The van der Waals surface area contributed by atoms with E-state index >= 15 is 0 Å². The lowest BCUT2D eigenvalue weighted by Gasteiger charge is -2.08. The summed E-state index contributed by atoms with van der Waals surface area (Å²) in [5.74, 6) is 0. The van der Waals surface area contributed by atoms with Crippen LogP contribution in [0, 0.1) is 25.2 Å². The van der Waals surface area contributed by atoms with E-state index in [1.54, 1.807) is 23.5 Å². The van der Waals surface area contributed by atoms with E-state index < -0.39 is 0 Å². The fourth-order valence-corrected chi connectivity index (χ4v) is 2.97. The Hall–Kier alpha value is -1.50. The SMILES string of the molecule is Cc1cc(CNc2ccc(C#N)cc2Cl)c(C)s1. The molecule has 0 fully saturated rings. The third kappa shape index (κ3) is 2.84. The summed E-state index contributed by atoms with van der Waals surface area (Å²) in [5.41, 5.74) is 2.73. The Morgan fingerprint density at radius 2 is 2.11 bits per heavy atom. The van der Waals surface area contributed by atoms with Crippen LogP contribution in [0.3, 0.4) is 0 Å². The summed E-state index contributed by atoms with van der Waals surface area (Å²) in [7, 11) is 0. The lowest BCUT2D eigenvalue weighted by Crippen LogP contribution is -2.00. The highest BCUT2D eigenvalue weighted by Gasteiger charge is 2.05. The molecule has 0 atom stereocenters. The minimum Gasteiger partial charge on any atom is -0.380 e. The Bertz CT molecular complexity index is 611. The van der Waals surface area contributed by atoms with Gasteiger partial charge in [-0.05, 0) is 43.7 Å². The molecule has 0 bridgehead atoms. The molecule has 18 heavy (non-hydrogen) atoms. The van der Waals surface area contributed by atoms with Crippen LogP contribution in [0.25, 0.3) is 0 Å². The molecular formula is C14H13ClN2S. The van der Waals surface area contributed by atoms with Crippen molar-refractivity contribution in [1.82, 2.24) is 0 Å². The fraction of sp³-hybridized carbons (Fsp3) is 0.214. The van der Waals surface area contributed by atoms with E-state index in [4.69, 9.17) is 16.9 Å². The molecule has 0 spiro atoms. The topological polar surface area (TPSA) is 35.8 Å². The van der Waals surface area contributed by atoms with Crippen LogP contribution in [-0.4, -0.2) is 0 Å². The average molecular weight is 277 g/mol. The molecule has 2 rings (SSSR count). The van der Waals surface area contributed by atoms with Crippen molar-refractivity contribution >= 4 is 28.6 Å². The van der Waals surface area contributed by atoms with Crippen molar-refractivity contribution in [3.05, 3.63) is 50.2 Å². The van der Waals surface area contributed by atoms with Crippen molar-refractivity contribution in [2.24, 2.45) is 0 Å². The van der Waals surface area contributed by atoms with E-state index in [0.717, 1.165) is 12.2 Å². The summed E-state index contributed by atoms with van der Waals surface area (Å²) < 4.78 is 0. The standard InChI is InChI=1S/C14H13ClN2S/c1-9-5-12(10(2)18-9)8-17-14-4-3-11(7-16)6-13(14)15/h3-6,17H,8H2,1-2H3. The van der Waals surface area contributed by atoms with E-state index in [1.165, 1.54) is 15.3 Å². The molecule has 2 nitrogen and oxygen atoms in total. The van der Waals surface area contributed by atoms with E-state index in [2.05, 4.69) is 31.3 Å². The Morgan fingerprint density at radius 3 is 2.67 bits per heavy atom. The smallest absolute Gasteiger partial charge is 0.0992 e. The molecule has 92 valence electrons. The van der Waals surface area contributed by atoms with Gasteiger partial charge < -0.3 is 5.32 Å². The van der Waals surface area contributed by atoms with Gasteiger partial charge in [0.2, 0.25) is 0 Å². The first kappa shape index (κ1) is 12.9. The highest BCUT2D eigenvalue weighted by atomic mass is 35.5. The van der Waals surface area contributed by atoms with Gasteiger partial charge in [0.15, 0.2) is 0 Å². The average Bonchev–Trinajstić information content (AvgIpc) is 2.66. The summed E-state index contributed by atoms with van der Waals surface area (Å²) in [6.07, 6.45) is 0. The summed E-state index contributed by atoms with van der Waals surface area (Å²) >= 11 is 7.91. The molecular weight excluding hydrogens is 264 g/mol. The number of rotatable bonds is 3. The molecule has 0 aliphatic carbocycles. The monoisotopic (exact) mass is 276 g/mol. The Balaban J connectivity index is 2.11. The molecule has 0 amide bonds. The second kappa shape index (κ2) is 5.43. The number of hydrogen-bond acceptors (Lipinski definition) is 3. The third-order valence-corrected chi connectivity index (χ3v) is 4.03. The molecule has 0 unspecified atom stereocenters. The second-order valence-corrected chi connectivity index (χ2v) is 5.97. The van der Waals surface area contributed by atoms with Crippen LogP contribution in [0.1, 0.15) is 20.9 Å². The Kier molecular flexibility index (Phi) is 3.90. The van der Waals surface area contributed by atoms with Gasteiger partial charge in [-0.1, -0.05) is 11.6 Å². The predicted octanol–water partition coefficient (Wildman–Crippen LogP) is 4.50. The first-order valence-electron chi connectivity index (χ1n) is 5.59. The van der Waals surface area contributed by atoms with Gasteiger partial charge in [0, 0.05) is 16.3 Å².